The number of nitrogens with zero attached hydrogens (tertiary/aromatic N) is 4. The van der Waals surface area contributed by atoms with Gasteiger partial charge in [-0.15, -0.1) is 0 Å². The van der Waals surface area contributed by atoms with Gasteiger partial charge in [-0.2, -0.15) is 0 Å². The summed E-state index contributed by atoms with van der Waals surface area (Å²) in [5.41, 5.74) is 2.63. The maximum atomic E-state index is 12.6. The molecule has 1 fully saturated rings. The maximum Gasteiger partial charge on any atom is 0.333 e. The lowest BCUT2D eigenvalue weighted by atomic mass is 9.83. The van der Waals surface area contributed by atoms with Gasteiger partial charge >= 0.3 is 11.7 Å². The van der Waals surface area contributed by atoms with Crippen LogP contribution in [0, 0.1) is 0 Å². The van der Waals surface area contributed by atoms with Gasteiger partial charge in [-0.3, -0.25) is 33.3 Å². The second-order valence-electron chi connectivity index (χ2n) is 9.56. The molecule has 1 aromatic carbocycles. The van der Waals surface area contributed by atoms with E-state index in [0.717, 1.165) is 60.5 Å². The van der Waals surface area contributed by atoms with Crippen LogP contribution in [0.2, 0.25) is 0 Å². The van der Waals surface area contributed by atoms with Crippen LogP contribution in [-0.4, -0.2) is 56.0 Å². The van der Waals surface area contributed by atoms with Crippen LogP contribution in [0.25, 0.3) is 11.6 Å². The zero-order chi connectivity index (χ0) is 29.1. The van der Waals surface area contributed by atoms with Crippen LogP contribution in [-0.2, 0) is 23.7 Å². The number of allylic oxidation sites excluding steroid dienone is 8. The molecule has 1 aliphatic carbocycles. The Morgan fingerprint density at radius 2 is 1.40 bits per heavy atom. The van der Waals surface area contributed by atoms with E-state index in [0.29, 0.717) is 0 Å². The molecule has 1 aliphatic heterocycles. The highest BCUT2D eigenvalue weighted by Gasteiger charge is 2.37. The van der Waals surface area contributed by atoms with Crippen LogP contribution in [0.5, 0.6) is 5.88 Å². The fourth-order valence-electron chi connectivity index (χ4n) is 4.75. The fraction of sp³-hybridized carbons (Fsp3) is 0.233. The average molecular weight is 543 g/mol. The molecular weight excluding hydrogens is 512 g/mol. The van der Waals surface area contributed by atoms with Gasteiger partial charge in [-0.05, 0) is 53.7 Å². The van der Waals surface area contributed by atoms with E-state index < -0.39 is 35.0 Å². The van der Waals surface area contributed by atoms with Crippen molar-refractivity contribution in [3.05, 3.63) is 109 Å². The Kier molecular flexibility index (Phi) is 7.99. The van der Waals surface area contributed by atoms with Gasteiger partial charge in [0, 0.05) is 28.2 Å². The Hall–Kier alpha value is -4.99. The number of rotatable bonds is 5. The van der Waals surface area contributed by atoms with Gasteiger partial charge in [0.05, 0.1) is 0 Å². The van der Waals surface area contributed by atoms with E-state index in [4.69, 9.17) is 0 Å². The van der Waals surface area contributed by atoms with Crippen LogP contribution in [0.1, 0.15) is 30.4 Å². The highest BCUT2D eigenvalue weighted by Crippen LogP contribution is 2.37. The minimum atomic E-state index is -0.677. The summed E-state index contributed by atoms with van der Waals surface area (Å²) in [6.07, 6.45) is 12.3. The first-order valence-corrected chi connectivity index (χ1v) is 12.7. The van der Waals surface area contributed by atoms with E-state index >= 15 is 0 Å². The Labute approximate surface area is 230 Å². The number of imide groups is 2. The van der Waals surface area contributed by atoms with Crippen molar-refractivity contribution in [3.63, 3.8) is 0 Å². The van der Waals surface area contributed by atoms with Crippen LogP contribution < -0.4 is 11.2 Å². The molecule has 2 heterocycles. The molecular formula is C30H30N4O6. The van der Waals surface area contributed by atoms with Gasteiger partial charge in [-0.25, -0.2) is 9.59 Å². The number of benzene rings is 1. The number of urea groups is 1. The van der Waals surface area contributed by atoms with E-state index in [2.05, 4.69) is 0 Å². The molecule has 4 rings (SSSR count). The SMILES string of the molecule is CN1C(=O)C(=C/C=C/C2=C(c3ccccc3)C(=C/C=C/c3c(O)n(C)c(=O)n(C)c3=O)/CCC2)C(=O)N(C)C1=O. The molecule has 0 bridgehead atoms. The van der Waals surface area contributed by atoms with Crippen molar-refractivity contribution < 1.29 is 19.5 Å². The van der Waals surface area contributed by atoms with Crippen molar-refractivity contribution in [2.75, 3.05) is 14.1 Å². The summed E-state index contributed by atoms with van der Waals surface area (Å²) in [5, 5.41) is 10.4. The summed E-state index contributed by atoms with van der Waals surface area (Å²) in [5.74, 6) is -1.72. The van der Waals surface area contributed by atoms with Crippen LogP contribution in [0.15, 0.2) is 87.0 Å². The van der Waals surface area contributed by atoms with Gasteiger partial charge in [-0.1, -0.05) is 54.6 Å². The number of amides is 4. The van der Waals surface area contributed by atoms with Gasteiger partial charge in [0.1, 0.15) is 11.1 Å². The number of carbonyl (C=O) groups is 3. The number of barbiturate groups is 1. The number of carbonyl (C=O) groups excluding carboxylic acids is 3. The Balaban J connectivity index is 1.75. The van der Waals surface area contributed by atoms with Gasteiger partial charge < -0.3 is 5.11 Å². The summed E-state index contributed by atoms with van der Waals surface area (Å²) < 4.78 is 1.95. The Morgan fingerprint density at radius 3 is 2.05 bits per heavy atom. The van der Waals surface area contributed by atoms with Crippen molar-refractivity contribution in [1.29, 1.82) is 0 Å². The molecule has 1 aromatic heterocycles. The molecule has 1 N–H and O–H groups in total. The first-order chi connectivity index (χ1) is 19.0. The van der Waals surface area contributed by atoms with Crippen molar-refractivity contribution >= 4 is 29.5 Å². The first kappa shape index (κ1) is 28.0. The molecule has 0 saturated carbocycles. The van der Waals surface area contributed by atoms with E-state index in [1.165, 1.54) is 40.3 Å². The normalized spacial score (nSPS) is 17.8. The minimum absolute atomic E-state index is 0.00415. The Bertz CT molecular complexity index is 1640. The molecule has 40 heavy (non-hydrogen) atoms. The molecule has 0 unspecified atom stereocenters. The quantitative estimate of drug-likeness (QED) is 0.458. The number of likely N-dealkylation sites (N-methyl/N-ethyl adjacent to an activating group) is 2. The summed E-state index contributed by atoms with van der Waals surface area (Å²) in [6.45, 7) is 0. The predicted molar refractivity (Wildman–Crippen MR) is 151 cm³/mol. The third-order valence-electron chi connectivity index (χ3n) is 7.03. The summed E-state index contributed by atoms with van der Waals surface area (Å²) >= 11 is 0. The standard InChI is InChI=1S/C30H30N4O6/c1-31-25(35)22(26(36)32(2)29(31)39)17-9-15-20-13-8-14-21(24(20)19-11-6-5-7-12-19)16-10-18-23-27(37)33(3)30(40)34(4)28(23)38/h5-7,9-12,15-18,35H,8,13-14H2,1-4H3/b16-10+,17-9+,20-15+. The van der Waals surface area contributed by atoms with Crippen molar-refractivity contribution in [2.24, 2.45) is 14.1 Å². The van der Waals surface area contributed by atoms with Crippen LogP contribution in [0.4, 0.5) is 4.79 Å². The van der Waals surface area contributed by atoms with Gasteiger partial charge in [0.15, 0.2) is 0 Å². The van der Waals surface area contributed by atoms with Gasteiger partial charge in [0.2, 0.25) is 5.88 Å². The summed E-state index contributed by atoms with van der Waals surface area (Å²) in [7, 11) is 5.41. The van der Waals surface area contributed by atoms with Crippen molar-refractivity contribution in [2.45, 2.75) is 19.3 Å². The first-order valence-electron chi connectivity index (χ1n) is 12.7. The molecule has 10 heteroatoms. The second kappa shape index (κ2) is 11.4. The zero-order valence-electron chi connectivity index (χ0n) is 22.7. The highest BCUT2D eigenvalue weighted by atomic mass is 16.3. The topological polar surface area (TPSA) is 122 Å². The zero-order valence-corrected chi connectivity index (χ0v) is 22.7. The molecule has 0 radical (unpaired) electrons. The smallest absolute Gasteiger partial charge is 0.333 e. The van der Waals surface area contributed by atoms with Crippen LogP contribution >= 0.6 is 0 Å². The second-order valence-corrected chi connectivity index (χ2v) is 9.56. The lowest BCUT2D eigenvalue weighted by molar-refractivity contribution is -0.134. The predicted octanol–water partition coefficient (Wildman–Crippen LogP) is 2.90. The van der Waals surface area contributed by atoms with E-state index in [9.17, 15) is 29.1 Å². The molecule has 206 valence electrons. The fourth-order valence-corrected chi connectivity index (χ4v) is 4.75. The number of aromatic nitrogens is 2. The average Bonchev–Trinajstić information content (AvgIpc) is 2.97. The lowest BCUT2D eigenvalue weighted by Gasteiger charge is -2.28. The molecule has 10 nitrogen and oxygen atoms in total. The maximum absolute atomic E-state index is 12.6. The monoisotopic (exact) mass is 542 g/mol. The largest absolute Gasteiger partial charge is 0.494 e. The van der Waals surface area contributed by atoms with Crippen molar-refractivity contribution in [3.8, 4) is 5.88 Å². The summed E-state index contributed by atoms with van der Waals surface area (Å²) in [4.78, 5) is 63.5. The molecule has 1 saturated heterocycles. The van der Waals surface area contributed by atoms with E-state index in [-0.39, 0.29) is 11.1 Å². The minimum Gasteiger partial charge on any atom is -0.494 e. The molecule has 0 atom stereocenters. The third kappa shape index (κ3) is 5.15. The number of aromatic hydroxyl groups is 1. The number of hydrogen-bond donors (Lipinski definition) is 1. The molecule has 4 amide bonds. The lowest BCUT2D eigenvalue weighted by Crippen LogP contribution is -2.52. The van der Waals surface area contributed by atoms with Crippen molar-refractivity contribution in [1.82, 2.24) is 18.9 Å². The molecule has 2 aliphatic rings. The van der Waals surface area contributed by atoms with E-state index in [1.807, 2.05) is 42.5 Å². The third-order valence-corrected chi connectivity index (χ3v) is 7.03. The number of hydrogen-bond acceptors (Lipinski definition) is 6. The van der Waals surface area contributed by atoms with Crippen LogP contribution in [0.3, 0.4) is 0 Å². The molecule has 2 aromatic rings. The van der Waals surface area contributed by atoms with E-state index in [1.54, 1.807) is 12.2 Å². The van der Waals surface area contributed by atoms with Gasteiger partial charge in [0.25, 0.3) is 17.4 Å². The molecule has 0 spiro atoms. The summed E-state index contributed by atoms with van der Waals surface area (Å²) in [6, 6.07) is 9.09. The highest BCUT2D eigenvalue weighted by molar-refractivity contribution is 6.28. The Morgan fingerprint density at radius 1 is 0.775 bits per heavy atom.